The molecule has 2 amide bonds. The number of aryl methyl sites for hydroxylation is 2. The number of nitrogens with one attached hydrogen (secondary N) is 1. The Labute approximate surface area is 151 Å². The third-order valence-electron chi connectivity index (χ3n) is 4.87. The van der Waals surface area contributed by atoms with Crippen LogP contribution in [0.1, 0.15) is 57.1 Å². The van der Waals surface area contributed by atoms with Gasteiger partial charge in [-0.1, -0.05) is 36.8 Å². The molecule has 0 atom stereocenters. The summed E-state index contributed by atoms with van der Waals surface area (Å²) in [6.45, 7) is 6.33. The van der Waals surface area contributed by atoms with Crippen molar-refractivity contribution < 1.29 is 9.59 Å². The Morgan fingerprint density at radius 2 is 2.04 bits per heavy atom. The molecule has 0 saturated carbocycles. The van der Waals surface area contributed by atoms with Crippen molar-refractivity contribution in [1.29, 1.82) is 0 Å². The molecule has 1 aliphatic rings. The number of amides is 2. The number of nitrogens with zero attached hydrogens (tertiary/aromatic N) is 1. The predicted molar refractivity (Wildman–Crippen MR) is 103 cm³/mol. The van der Waals surface area contributed by atoms with Gasteiger partial charge in [-0.25, -0.2) is 0 Å². The molecule has 0 fully saturated rings. The monoisotopic (exact) mass is 342 g/mol. The molecule has 0 bridgehead atoms. The summed E-state index contributed by atoms with van der Waals surface area (Å²) in [5, 5.41) is 3.01. The number of rotatable bonds is 7. The minimum Gasteiger partial charge on any atom is -0.333 e. The second kappa shape index (κ2) is 9.40. The van der Waals surface area contributed by atoms with E-state index >= 15 is 0 Å². The van der Waals surface area contributed by atoms with Crippen LogP contribution in [0.3, 0.4) is 0 Å². The topological polar surface area (TPSA) is 49.4 Å². The van der Waals surface area contributed by atoms with E-state index in [4.69, 9.17) is 0 Å². The molecule has 0 saturated heterocycles. The molecule has 0 radical (unpaired) electrons. The first kappa shape index (κ1) is 19.2. The lowest BCUT2D eigenvalue weighted by molar-refractivity contribution is -0.132. The van der Waals surface area contributed by atoms with Gasteiger partial charge in [-0.3, -0.25) is 9.59 Å². The molecule has 0 spiro atoms. The van der Waals surface area contributed by atoms with Crippen molar-refractivity contribution in [3.63, 3.8) is 0 Å². The zero-order valence-electron chi connectivity index (χ0n) is 15.7. The van der Waals surface area contributed by atoms with Gasteiger partial charge in [0.2, 0.25) is 11.8 Å². The van der Waals surface area contributed by atoms with Crippen LogP contribution in [0.2, 0.25) is 0 Å². The summed E-state index contributed by atoms with van der Waals surface area (Å²) in [6.07, 6.45) is 8.80. The third kappa shape index (κ3) is 5.73. The van der Waals surface area contributed by atoms with Crippen molar-refractivity contribution in [1.82, 2.24) is 4.90 Å². The number of para-hydroxylation sites is 1. The highest BCUT2D eigenvalue weighted by atomic mass is 16.2. The molecule has 4 heteroatoms. The van der Waals surface area contributed by atoms with Crippen LogP contribution in [0, 0.1) is 6.92 Å². The highest BCUT2D eigenvalue weighted by Crippen LogP contribution is 2.22. The number of allylic oxidation sites excluding steroid dienone is 1. The maximum atomic E-state index is 12.5. The van der Waals surface area contributed by atoms with Gasteiger partial charge < -0.3 is 10.2 Å². The van der Waals surface area contributed by atoms with Gasteiger partial charge in [-0.15, -0.1) is 0 Å². The molecule has 2 rings (SSSR count). The largest absolute Gasteiger partial charge is 0.333 e. The van der Waals surface area contributed by atoms with Gasteiger partial charge in [-0.2, -0.15) is 0 Å². The Kier molecular flexibility index (Phi) is 7.23. The van der Waals surface area contributed by atoms with E-state index in [1.807, 2.05) is 25.1 Å². The zero-order chi connectivity index (χ0) is 18.2. The molecule has 0 unspecified atom stereocenters. The second-order valence-electron chi connectivity index (χ2n) is 6.81. The Morgan fingerprint density at radius 1 is 1.24 bits per heavy atom. The van der Waals surface area contributed by atoms with Crippen LogP contribution in [0.5, 0.6) is 0 Å². The van der Waals surface area contributed by atoms with Crippen molar-refractivity contribution in [2.45, 2.75) is 59.3 Å². The smallest absolute Gasteiger partial charge is 0.244 e. The van der Waals surface area contributed by atoms with Gasteiger partial charge in [0.05, 0.1) is 6.54 Å². The lowest BCUT2D eigenvalue weighted by atomic mass is 9.97. The summed E-state index contributed by atoms with van der Waals surface area (Å²) < 4.78 is 0. The summed E-state index contributed by atoms with van der Waals surface area (Å²) in [5.41, 5.74) is 4.48. The Morgan fingerprint density at radius 3 is 2.68 bits per heavy atom. The number of hydrogen-bond donors (Lipinski definition) is 1. The normalized spacial score (nSPS) is 14.0. The number of anilines is 1. The maximum Gasteiger partial charge on any atom is 0.244 e. The van der Waals surface area contributed by atoms with Gasteiger partial charge in [0.15, 0.2) is 0 Å². The molecule has 1 aromatic carbocycles. The first-order chi connectivity index (χ1) is 12.0. The van der Waals surface area contributed by atoms with E-state index in [0.29, 0.717) is 6.54 Å². The molecular weight excluding hydrogens is 312 g/mol. The fourth-order valence-corrected chi connectivity index (χ4v) is 3.31. The van der Waals surface area contributed by atoms with Gasteiger partial charge >= 0.3 is 0 Å². The second-order valence-corrected chi connectivity index (χ2v) is 6.81. The lowest BCUT2D eigenvalue weighted by Crippen LogP contribution is -2.37. The van der Waals surface area contributed by atoms with Crippen LogP contribution in [0.4, 0.5) is 5.69 Å². The van der Waals surface area contributed by atoms with E-state index in [9.17, 15) is 9.59 Å². The van der Waals surface area contributed by atoms with Crippen LogP contribution >= 0.6 is 0 Å². The SMILES string of the molecule is CCc1cccc(C)c1NC(=O)CN(CCC1=CCCCC1)C(C)=O. The van der Waals surface area contributed by atoms with E-state index in [1.54, 1.807) is 4.90 Å². The first-order valence-electron chi connectivity index (χ1n) is 9.33. The van der Waals surface area contributed by atoms with E-state index in [2.05, 4.69) is 18.3 Å². The van der Waals surface area contributed by atoms with E-state index < -0.39 is 0 Å². The van der Waals surface area contributed by atoms with Crippen molar-refractivity contribution in [3.8, 4) is 0 Å². The molecule has 0 aliphatic heterocycles. The summed E-state index contributed by atoms with van der Waals surface area (Å²) in [7, 11) is 0. The average Bonchev–Trinajstić information content (AvgIpc) is 2.61. The summed E-state index contributed by atoms with van der Waals surface area (Å²) in [6, 6.07) is 6.03. The van der Waals surface area contributed by atoms with E-state index in [-0.39, 0.29) is 18.4 Å². The average molecular weight is 342 g/mol. The molecule has 25 heavy (non-hydrogen) atoms. The standard InChI is InChI=1S/C21H30N2O2/c1-4-19-12-8-9-16(2)21(19)22-20(25)15-23(17(3)24)14-13-18-10-6-5-7-11-18/h8-10,12H,4-7,11,13-15H2,1-3H3,(H,22,25). The van der Waals surface area contributed by atoms with Crippen LogP contribution in [0.25, 0.3) is 0 Å². The van der Waals surface area contributed by atoms with Crippen LogP contribution in [-0.4, -0.2) is 29.8 Å². The highest BCUT2D eigenvalue weighted by Gasteiger charge is 2.16. The minimum atomic E-state index is -0.128. The van der Waals surface area contributed by atoms with Gasteiger partial charge in [0.1, 0.15) is 0 Å². The molecule has 4 nitrogen and oxygen atoms in total. The van der Waals surface area contributed by atoms with Gasteiger partial charge in [-0.05, 0) is 56.6 Å². The van der Waals surface area contributed by atoms with Crippen molar-refractivity contribution in [3.05, 3.63) is 41.0 Å². The molecule has 0 aromatic heterocycles. The van der Waals surface area contributed by atoms with Crippen LogP contribution < -0.4 is 5.32 Å². The molecular formula is C21H30N2O2. The predicted octanol–water partition coefficient (Wildman–Crippen LogP) is 4.23. The Hall–Kier alpha value is -2.10. The number of carbonyl (C=O) groups excluding carboxylic acids is 2. The molecule has 136 valence electrons. The Bertz CT molecular complexity index is 649. The van der Waals surface area contributed by atoms with Crippen molar-refractivity contribution in [2.75, 3.05) is 18.4 Å². The van der Waals surface area contributed by atoms with Gasteiger partial charge in [0, 0.05) is 19.2 Å². The van der Waals surface area contributed by atoms with Crippen LogP contribution in [0.15, 0.2) is 29.8 Å². The minimum absolute atomic E-state index is 0.0490. The maximum absolute atomic E-state index is 12.5. The zero-order valence-corrected chi connectivity index (χ0v) is 15.7. The van der Waals surface area contributed by atoms with Crippen molar-refractivity contribution in [2.24, 2.45) is 0 Å². The summed E-state index contributed by atoms with van der Waals surface area (Å²) >= 11 is 0. The molecule has 0 heterocycles. The molecule has 1 aromatic rings. The van der Waals surface area contributed by atoms with Crippen LogP contribution in [-0.2, 0) is 16.0 Å². The van der Waals surface area contributed by atoms with Crippen molar-refractivity contribution >= 4 is 17.5 Å². The molecule has 1 N–H and O–H groups in total. The first-order valence-corrected chi connectivity index (χ1v) is 9.33. The van der Waals surface area contributed by atoms with Gasteiger partial charge in [0.25, 0.3) is 0 Å². The third-order valence-corrected chi connectivity index (χ3v) is 4.87. The fourth-order valence-electron chi connectivity index (χ4n) is 3.31. The lowest BCUT2D eigenvalue weighted by Gasteiger charge is -2.23. The fraction of sp³-hybridized carbons (Fsp3) is 0.524. The summed E-state index contributed by atoms with van der Waals surface area (Å²) in [5.74, 6) is -0.177. The number of benzene rings is 1. The highest BCUT2D eigenvalue weighted by molar-refractivity contribution is 5.95. The van der Waals surface area contributed by atoms with E-state index in [1.165, 1.54) is 25.3 Å². The quantitative estimate of drug-likeness (QED) is 0.754. The summed E-state index contributed by atoms with van der Waals surface area (Å²) in [4.78, 5) is 26.0. The Balaban J connectivity index is 1.96. The number of carbonyl (C=O) groups is 2. The molecule has 1 aliphatic carbocycles. The van der Waals surface area contributed by atoms with E-state index in [0.717, 1.165) is 42.5 Å². The number of hydrogen-bond acceptors (Lipinski definition) is 2.